The number of aromatic nitrogens is 1. The first kappa shape index (κ1) is 21.0. The summed E-state index contributed by atoms with van der Waals surface area (Å²) < 4.78 is 44.3. The quantitative estimate of drug-likeness (QED) is 0.590. The maximum atomic E-state index is 13.1. The lowest BCUT2D eigenvalue weighted by Gasteiger charge is -2.18. The zero-order valence-electron chi connectivity index (χ0n) is 17.2. The summed E-state index contributed by atoms with van der Waals surface area (Å²) >= 11 is 0. The molecule has 3 aromatic rings. The number of oxazole rings is 1. The van der Waals surface area contributed by atoms with Crippen LogP contribution in [0.1, 0.15) is 24.3 Å². The number of ether oxygens (including phenoxy) is 1. The lowest BCUT2D eigenvalue weighted by atomic mass is 10.2. The van der Waals surface area contributed by atoms with Crippen LogP contribution < -0.4 is 9.62 Å². The number of aryl methyl sites for hydroxylation is 1. The van der Waals surface area contributed by atoms with Gasteiger partial charge < -0.3 is 18.9 Å². The molecule has 1 aromatic carbocycles. The second kappa shape index (κ2) is 8.45. The summed E-state index contributed by atoms with van der Waals surface area (Å²) in [5.41, 5.74) is 0.584. The van der Waals surface area contributed by atoms with Gasteiger partial charge in [-0.05, 0) is 31.9 Å². The van der Waals surface area contributed by atoms with Crippen molar-refractivity contribution in [3.05, 3.63) is 47.9 Å². The van der Waals surface area contributed by atoms with Crippen LogP contribution in [0.3, 0.4) is 0 Å². The molecule has 0 amide bonds. The van der Waals surface area contributed by atoms with Crippen molar-refractivity contribution in [2.75, 3.05) is 29.8 Å². The normalized spacial score (nSPS) is 16.2. The number of hydrogen-bond acceptors (Lipinski definition) is 8. The fourth-order valence-corrected chi connectivity index (χ4v) is 4.74. The summed E-state index contributed by atoms with van der Waals surface area (Å²) in [5.74, 6) is 0.550. The van der Waals surface area contributed by atoms with Crippen LogP contribution >= 0.6 is 0 Å². The van der Waals surface area contributed by atoms with Gasteiger partial charge in [-0.3, -0.25) is 4.31 Å². The summed E-state index contributed by atoms with van der Waals surface area (Å²) in [7, 11) is -2.39. The van der Waals surface area contributed by atoms with E-state index in [0.717, 1.165) is 19.4 Å². The molecule has 31 heavy (non-hydrogen) atoms. The van der Waals surface area contributed by atoms with E-state index in [-0.39, 0.29) is 40.0 Å². The highest BCUT2D eigenvalue weighted by molar-refractivity contribution is 7.92. The van der Waals surface area contributed by atoms with Crippen molar-refractivity contribution in [1.82, 2.24) is 4.98 Å². The Balaban J connectivity index is 1.60. The standard InChI is InChI=1S/C21H22N4O5S/c1-14-19(31(26,27)25(2)15-7-4-3-5-8-15)11-18(29-14)21-24-17(12-22)20(30-21)23-13-16-9-6-10-28-16/h3-5,7-8,11,16,23H,6,9-10,13H2,1-2H3/t16-/m0/s1. The highest BCUT2D eigenvalue weighted by Crippen LogP contribution is 2.33. The molecule has 10 heteroatoms. The molecule has 0 saturated carbocycles. The SMILES string of the molecule is Cc1oc(-c2nc(C#N)c(NC[C@@H]3CCCO3)o2)cc1S(=O)(=O)N(C)c1ccccc1. The van der Waals surface area contributed by atoms with Crippen molar-refractivity contribution in [3.63, 3.8) is 0 Å². The zero-order chi connectivity index (χ0) is 22.0. The number of nitriles is 1. The van der Waals surface area contributed by atoms with Crippen molar-refractivity contribution < 1.29 is 22.0 Å². The van der Waals surface area contributed by atoms with Crippen LogP contribution in [0.4, 0.5) is 11.6 Å². The van der Waals surface area contributed by atoms with Gasteiger partial charge in [0.25, 0.3) is 15.9 Å². The minimum absolute atomic E-state index is 0.000532. The van der Waals surface area contributed by atoms with Gasteiger partial charge in [-0.15, -0.1) is 0 Å². The van der Waals surface area contributed by atoms with Gasteiger partial charge in [0.2, 0.25) is 11.6 Å². The number of para-hydroxylation sites is 1. The fourth-order valence-electron chi connectivity index (χ4n) is 3.38. The van der Waals surface area contributed by atoms with E-state index in [1.165, 1.54) is 17.4 Å². The van der Waals surface area contributed by atoms with Gasteiger partial charge in [-0.1, -0.05) is 18.2 Å². The predicted octanol–water partition coefficient (Wildman–Crippen LogP) is 3.53. The van der Waals surface area contributed by atoms with Gasteiger partial charge in [0, 0.05) is 26.3 Å². The maximum absolute atomic E-state index is 13.1. The molecular formula is C21H22N4O5S. The largest absolute Gasteiger partial charge is 0.455 e. The summed E-state index contributed by atoms with van der Waals surface area (Å²) in [6.45, 7) is 2.77. The van der Waals surface area contributed by atoms with Crippen LogP contribution in [0, 0.1) is 18.3 Å². The highest BCUT2D eigenvalue weighted by atomic mass is 32.2. The van der Waals surface area contributed by atoms with Gasteiger partial charge in [0.1, 0.15) is 16.7 Å². The van der Waals surface area contributed by atoms with Crippen LogP contribution in [-0.2, 0) is 14.8 Å². The Morgan fingerprint density at radius 2 is 2.06 bits per heavy atom. The number of rotatable bonds is 7. The third-order valence-electron chi connectivity index (χ3n) is 5.09. The monoisotopic (exact) mass is 442 g/mol. The number of anilines is 2. The Hall–Kier alpha value is -3.29. The highest BCUT2D eigenvalue weighted by Gasteiger charge is 2.29. The topological polar surface area (TPSA) is 122 Å². The predicted molar refractivity (Wildman–Crippen MR) is 113 cm³/mol. The Morgan fingerprint density at radius 1 is 1.29 bits per heavy atom. The number of hydrogen-bond donors (Lipinski definition) is 1. The first-order valence-corrected chi connectivity index (χ1v) is 11.3. The second-order valence-electron chi connectivity index (χ2n) is 7.16. The van der Waals surface area contributed by atoms with Crippen LogP contribution in [-0.4, -0.2) is 39.7 Å². The summed E-state index contributed by atoms with van der Waals surface area (Å²) in [5, 5.41) is 12.4. The molecule has 0 spiro atoms. The van der Waals surface area contributed by atoms with Gasteiger partial charge in [-0.25, -0.2) is 8.42 Å². The van der Waals surface area contributed by atoms with Crippen molar-refractivity contribution in [3.8, 4) is 17.7 Å². The van der Waals surface area contributed by atoms with Crippen LogP contribution in [0.5, 0.6) is 0 Å². The number of furan rings is 1. The molecule has 0 aliphatic carbocycles. The van der Waals surface area contributed by atoms with Gasteiger partial charge in [0.05, 0.1) is 11.8 Å². The molecule has 1 fully saturated rings. The Morgan fingerprint density at radius 3 is 2.74 bits per heavy atom. The molecule has 1 aliphatic rings. The first-order valence-electron chi connectivity index (χ1n) is 9.81. The Bertz CT molecular complexity index is 1200. The molecule has 1 atom stereocenters. The van der Waals surface area contributed by atoms with E-state index in [9.17, 15) is 13.7 Å². The Kier molecular flexibility index (Phi) is 5.71. The third kappa shape index (κ3) is 4.15. The minimum Gasteiger partial charge on any atom is -0.455 e. The first-order chi connectivity index (χ1) is 14.9. The molecule has 0 radical (unpaired) electrons. The second-order valence-corrected chi connectivity index (χ2v) is 9.10. The van der Waals surface area contributed by atoms with Gasteiger partial charge in [-0.2, -0.15) is 10.2 Å². The summed E-state index contributed by atoms with van der Waals surface area (Å²) in [6, 6.07) is 12.1. The molecule has 1 aliphatic heterocycles. The van der Waals surface area contributed by atoms with Crippen molar-refractivity contribution in [1.29, 1.82) is 5.26 Å². The lowest BCUT2D eigenvalue weighted by molar-refractivity contribution is 0.120. The molecule has 1 N–H and O–H groups in total. The van der Waals surface area contributed by atoms with E-state index in [1.54, 1.807) is 31.2 Å². The van der Waals surface area contributed by atoms with Gasteiger partial charge in [0.15, 0.2) is 5.76 Å². The summed E-state index contributed by atoms with van der Waals surface area (Å²) in [4.78, 5) is 4.15. The molecule has 162 valence electrons. The summed E-state index contributed by atoms with van der Waals surface area (Å²) in [6.07, 6.45) is 1.99. The smallest absolute Gasteiger partial charge is 0.267 e. The number of benzene rings is 1. The van der Waals surface area contributed by atoms with Crippen molar-refractivity contribution in [2.45, 2.75) is 30.8 Å². The van der Waals surface area contributed by atoms with Gasteiger partial charge >= 0.3 is 0 Å². The molecule has 0 unspecified atom stereocenters. The molecule has 2 aromatic heterocycles. The van der Waals surface area contributed by atoms with Crippen LogP contribution in [0.2, 0.25) is 0 Å². The van der Waals surface area contributed by atoms with Crippen molar-refractivity contribution >= 4 is 21.6 Å². The van der Waals surface area contributed by atoms with E-state index in [2.05, 4.69) is 10.3 Å². The van der Waals surface area contributed by atoms with E-state index < -0.39 is 10.0 Å². The Labute approximate surface area is 180 Å². The fraction of sp³-hybridized carbons (Fsp3) is 0.333. The molecule has 3 heterocycles. The van der Waals surface area contributed by atoms with E-state index >= 15 is 0 Å². The molecule has 1 saturated heterocycles. The van der Waals surface area contributed by atoms with Crippen molar-refractivity contribution in [2.24, 2.45) is 0 Å². The average Bonchev–Trinajstić information content (AvgIpc) is 3.51. The number of nitrogens with one attached hydrogen (secondary N) is 1. The van der Waals surface area contributed by atoms with Crippen LogP contribution in [0.25, 0.3) is 11.7 Å². The lowest BCUT2D eigenvalue weighted by Crippen LogP contribution is -2.26. The maximum Gasteiger partial charge on any atom is 0.267 e. The molecular weight excluding hydrogens is 420 g/mol. The molecule has 4 rings (SSSR count). The number of nitrogens with zero attached hydrogens (tertiary/aromatic N) is 3. The third-order valence-corrected chi connectivity index (χ3v) is 6.98. The minimum atomic E-state index is -3.87. The zero-order valence-corrected chi connectivity index (χ0v) is 18.0. The molecule has 9 nitrogen and oxygen atoms in total. The van der Waals surface area contributed by atoms with E-state index in [0.29, 0.717) is 12.2 Å². The van der Waals surface area contributed by atoms with E-state index in [1.807, 2.05) is 12.1 Å². The number of sulfonamides is 1. The van der Waals surface area contributed by atoms with E-state index in [4.69, 9.17) is 13.6 Å². The molecule has 0 bridgehead atoms. The van der Waals surface area contributed by atoms with Crippen LogP contribution in [0.15, 0.2) is 50.1 Å². The average molecular weight is 442 g/mol.